The van der Waals surface area contributed by atoms with Crippen LogP contribution >= 0.6 is 27.3 Å². The third-order valence-corrected chi connectivity index (χ3v) is 2.84. The number of primary amides is 1. The molecule has 0 aliphatic carbocycles. The summed E-state index contributed by atoms with van der Waals surface area (Å²) in [5.74, 6) is -0.408. The summed E-state index contributed by atoms with van der Waals surface area (Å²) in [4.78, 5) is 14.5. The number of hydrogen-bond donors (Lipinski definition) is 2. The fourth-order valence-corrected chi connectivity index (χ4v) is 1.99. The minimum atomic E-state index is -0.408. The first-order chi connectivity index (χ1) is 5.59. The Balaban J connectivity index is 2.64. The minimum Gasteiger partial charge on any atom is -0.370 e. The molecule has 0 aromatic carbocycles. The summed E-state index contributed by atoms with van der Waals surface area (Å²) in [5.41, 5.74) is 10.6. The molecule has 6 heteroatoms. The number of halogens is 1. The zero-order valence-corrected chi connectivity index (χ0v) is 8.56. The third-order valence-electron chi connectivity index (χ3n) is 1.23. The van der Waals surface area contributed by atoms with Crippen LogP contribution in [0.15, 0.2) is 9.98 Å². The van der Waals surface area contributed by atoms with Gasteiger partial charge in [-0.2, -0.15) is 0 Å². The molecule has 1 rings (SSSR count). The lowest BCUT2D eigenvalue weighted by atomic mass is 10.2. The predicted octanol–water partition coefficient (Wildman–Crippen LogP) is 0.781. The Morgan fingerprint density at radius 1 is 1.83 bits per heavy atom. The van der Waals surface area contributed by atoms with Crippen LogP contribution in [-0.4, -0.2) is 10.9 Å². The van der Waals surface area contributed by atoms with Crippen LogP contribution in [0.3, 0.4) is 0 Å². The van der Waals surface area contributed by atoms with E-state index >= 15 is 0 Å². The Bertz CT molecular complexity index is 288. The van der Waals surface area contributed by atoms with Gasteiger partial charge < -0.3 is 11.5 Å². The highest BCUT2D eigenvalue weighted by Gasteiger charge is 2.12. The fraction of sp³-hybridized carbons (Fsp3) is 0.333. The normalized spacial score (nSPS) is 12.8. The van der Waals surface area contributed by atoms with Crippen LogP contribution in [0, 0.1) is 0 Å². The van der Waals surface area contributed by atoms with E-state index in [-0.39, 0.29) is 12.5 Å². The maximum atomic E-state index is 10.5. The number of thiazole rings is 1. The minimum absolute atomic E-state index is 0.139. The standard InChI is InChI=1S/C6H8BrN3OS/c7-4-2-10-6(12-4)3(8)1-5(9)11/h2-3H,1,8H2,(H2,9,11). The van der Waals surface area contributed by atoms with E-state index in [2.05, 4.69) is 20.9 Å². The van der Waals surface area contributed by atoms with Crippen molar-refractivity contribution in [2.45, 2.75) is 12.5 Å². The molecule has 0 radical (unpaired) electrons. The van der Waals surface area contributed by atoms with Crippen molar-refractivity contribution in [3.05, 3.63) is 15.0 Å². The zero-order valence-electron chi connectivity index (χ0n) is 6.16. The predicted molar refractivity (Wildman–Crippen MR) is 50.6 cm³/mol. The van der Waals surface area contributed by atoms with Crippen LogP contribution in [0.1, 0.15) is 17.5 Å². The Morgan fingerprint density at radius 3 is 2.92 bits per heavy atom. The van der Waals surface area contributed by atoms with E-state index < -0.39 is 5.91 Å². The topological polar surface area (TPSA) is 82.0 Å². The van der Waals surface area contributed by atoms with Gasteiger partial charge in [-0.1, -0.05) is 0 Å². The number of amides is 1. The van der Waals surface area contributed by atoms with Gasteiger partial charge in [-0.25, -0.2) is 4.98 Å². The smallest absolute Gasteiger partial charge is 0.219 e. The Morgan fingerprint density at radius 2 is 2.50 bits per heavy atom. The average molecular weight is 250 g/mol. The summed E-state index contributed by atoms with van der Waals surface area (Å²) in [7, 11) is 0. The maximum absolute atomic E-state index is 10.5. The number of nitrogens with two attached hydrogens (primary N) is 2. The molecule has 0 fully saturated rings. The largest absolute Gasteiger partial charge is 0.370 e. The molecule has 0 bridgehead atoms. The van der Waals surface area contributed by atoms with Crippen molar-refractivity contribution in [3.63, 3.8) is 0 Å². The molecule has 4 nitrogen and oxygen atoms in total. The van der Waals surface area contributed by atoms with Crippen molar-refractivity contribution < 1.29 is 4.79 Å². The first kappa shape index (κ1) is 9.63. The summed E-state index contributed by atoms with van der Waals surface area (Å²) < 4.78 is 0.900. The van der Waals surface area contributed by atoms with E-state index in [0.29, 0.717) is 0 Å². The zero-order chi connectivity index (χ0) is 9.14. The molecule has 66 valence electrons. The summed E-state index contributed by atoms with van der Waals surface area (Å²) >= 11 is 4.66. The first-order valence-corrected chi connectivity index (χ1v) is 4.85. The summed E-state index contributed by atoms with van der Waals surface area (Å²) in [6.45, 7) is 0. The highest BCUT2D eigenvalue weighted by Crippen LogP contribution is 2.24. The molecule has 1 aromatic rings. The van der Waals surface area contributed by atoms with Crippen LogP contribution in [0.25, 0.3) is 0 Å². The van der Waals surface area contributed by atoms with Crippen molar-refractivity contribution in [1.82, 2.24) is 4.98 Å². The van der Waals surface area contributed by atoms with Crippen LogP contribution < -0.4 is 11.5 Å². The van der Waals surface area contributed by atoms with Crippen molar-refractivity contribution >= 4 is 33.2 Å². The van der Waals surface area contributed by atoms with Crippen LogP contribution in [0.4, 0.5) is 0 Å². The quantitative estimate of drug-likeness (QED) is 0.831. The van der Waals surface area contributed by atoms with E-state index in [1.807, 2.05) is 0 Å². The van der Waals surface area contributed by atoms with Gasteiger partial charge in [-0.3, -0.25) is 4.79 Å². The molecule has 1 aromatic heterocycles. The summed E-state index contributed by atoms with van der Waals surface area (Å²) in [5, 5.41) is 0.723. The molecule has 0 aliphatic rings. The summed E-state index contributed by atoms with van der Waals surface area (Å²) in [6, 6.07) is -0.376. The van der Waals surface area contributed by atoms with Gasteiger partial charge in [0.15, 0.2) is 0 Å². The van der Waals surface area contributed by atoms with Crippen LogP contribution in [-0.2, 0) is 4.79 Å². The van der Waals surface area contributed by atoms with E-state index in [9.17, 15) is 4.79 Å². The molecule has 0 aliphatic heterocycles. The Hall–Kier alpha value is -0.460. The van der Waals surface area contributed by atoms with E-state index in [4.69, 9.17) is 11.5 Å². The van der Waals surface area contributed by atoms with Crippen molar-refractivity contribution in [1.29, 1.82) is 0 Å². The van der Waals surface area contributed by atoms with Crippen molar-refractivity contribution in [3.8, 4) is 0 Å². The molecule has 1 unspecified atom stereocenters. The lowest BCUT2D eigenvalue weighted by molar-refractivity contribution is -0.118. The first-order valence-electron chi connectivity index (χ1n) is 3.24. The number of hydrogen-bond acceptors (Lipinski definition) is 4. The van der Waals surface area contributed by atoms with Crippen molar-refractivity contribution in [2.75, 3.05) is 0 Å². The van der Waals surface area contributed by atoms with Gasteiger partial charge in [0.25, 0.3) is 0 Å². The average Bonchev–Trinajstić information content (AvgIpc) is 2.34. The van der Waals surface area contributed by atoms with Gasteiger partial charge >= 0.3 is 0 Å². The second kappa shape index (κ2) is 3.97. The SMILES string of the molecule is NC(=O)CC(N)c1ncc(Br)s1. The number of rotatable bonds is 3. The van der Waals surface area contributed by atoms with Gasteiger partial charge in [0.2, 0.25) is 5.91 Å². The lowest BCUT2D eigenvalue weighted by Crippen LogP contribution is -2.20. The highest BCUT2D eigenvalue weighted by atomic mass is 79.9. The third kappa shape index (κ3) is 2.54. The van der Waals surface area contributed by atoms with Crippen molar-refractivity contribution in [2.24, 2.45) is 11.5 Å². The second-order valence-corrected chi connectivity index (χ2v) is 4.72. The monoisotopic (exact) mass is 249 g/mol. The second-order valence-electron chi connectivity index (χ2n) is 2.28. The maximum Gasteiger partial charge on any atom is 0.219 e. The van der Waals surface area contributed by atoms with Gasteiger partial charge in [-0.05, 0) is 15.9 Å². The molecular weight excluding hydrogens is 242 g/mol. The molecular formula is C6H8BrN3OS. The molecule has 1 amide bonds. The molecule has 4 N–H and O–H groups in total. The van der Waals surface area contributed by atoms with Crippen LogP contribution in [0.2, 0.25) is 0 Å². The molecule has 0 spiro atoms. The van der Waals surface area contributed by atoms with E-state index in [1.165, 1.54) is 11.3 Å². The van der Waals surface area contributed by atoms with Gasteiger partial charge in [0.1, 0.15) is 5.01 Å². The number of nitrogens with zero attached hydrogens (tertiary/aromatic N) is 1. The number of carbonyl (C=O) groups is 1. The lowest BCUT2D eigenvalue weighted by Gasteiger charge is -2.03. The van der Waals surface area contributed by atoms with Crippen LogP contribution in [0.5, 0.6) is 0 Å². The van der Waals surface area contributed by atoms with E-state index in [0.717, 1.165) is 8.79 Å². The Kier molecular flexibility index (Phi) is 3.19. The van der Waals surface area contributed by atoms with Gasteiger partial charge in [0, 0.05) is 6.42 Å². The number of carbonyl (C=O) groups excluding carboxylic acids is 1. The molecule has 0 saturated carbocycles. The number of aromatic nitrogens is 1. The summed E-state index contributed by atoms with van der Waals surface area (Å²) in [6.07, 6.45) is 1.79. The fourth-order valence-electron chi connectivity index (χ4n) is 0.742. The highest BCUT2D eigenvalue weighted by molar-refractivity contribution is 9.11. The van der Waals surface area contributed by atoms with Gasteiger partial charge in [0.05, 0.1) is 16.0 Å². The molecule has 12 heavy (non-hydrogen) atoms. The van der Waals surface area contributed by atoms with Gasteiger partial charge in [-0.15, -0.1) is 11.3 Å². The molecule has 0 saturated heterocycles. The molecule has 1 heterocycles. The Labute approximate surface area is 82.1 Å². The molecule has 1 atom stereocenters. The van der Waals surface area contributed by atoms with E-state index in [1.54, 1.807) is 6.20 Å².